The molecule has 1 saturated carbocycles. The Balaban J connectivity index is 1.03. The number of rotatable bonds is 7. The average molecular weight is 701 g/mol. The summed E-state index contributed by atoms with van der Waals surface area (Å²) in [5.74, 6) is -4.78. The summed E-state index contributed by atoms with van der Waals surface area (Å²) in [6, 6.07) is 40.7. The van der Waals surface area contributed by atoms with Crippen molar-refractivity contribution in [1.82, 2.24) is 0 Å². The molecule has 6 atom stereocenters. The summed E-state index contributed by atoms with van der Waals surface area (Å²) in [4.78, 5) is 59.9. The number of para-hydroxylation sites is 2. The number of benzene rings is 5. The van der Waals surface area contributed by atoms with E-state index >= 15 is 0 Å². The molecule has 9 heteroatoms. The number of phenols is 1. The molecule has 2 aliphatic heterocycles. The van der Waals surface area contributed by atoms with Crippen LogP contribution in [-0.4, -0.2) is 28.7 Å². The Hall–Kier alpha value is -6.48. The van der Waals surface area contributed by atoms with Gasteiger partial charge in [0.15, 0.2) is 0 Å². The van der Waals surface area contributed by atoms with Gasteiger partial charge in [0.05, 0.1) is 35.0 Å². The molecule has 5 aromatic rings. The van der Waals surface area contributed by atoms with Gasteiger partial charge in [-0.3, -0.25) is 29.0 Å². The zero-order valence-electron chi connectivity index (χ0n) is 28.6. The Morgan fingerprint density at radius 3 is 1.57 bits per heavy atom. The minimum atomic E-state index is -0.724. The predicted octanol–water partition coefficient (Wildman–Crippen LogP) is 7.92. The molecule has 2 aliphatic carbocycles. The summed E-state index contributed by atoms with van der Waals surface area (Å²) in [5, 5.41) is 17.2. The molecule has 0 bridgehead atoms. The summed E-state index contributed by atoms with van der Waals surface area (Å²) < 4.78 is 0. The Bertz CT molecular complexity index is 2270. The number of carbonyl (C=O) groups is 4. The number of amides is 4. The van der Waals surface area contributed by atoms with Gasteiger partial charge >= 0.3 is 0 Å². The molecule has 9 rings (SSSR count). The van der Waals surface area contributed by atoms with E-state index in [2.05, 4.69) is 10.6 Å². The van der Waals surface area contributed by atoms with E-state index in [1.54, 1.807) is 42.5 Å². The van der Waals surface area contributed by atoms with Crippen molar-refractivity contribution in [3.63, 3.8) is 0 Å². The average Bonchev–Trinajstić information content (AvgIpc) is 3.59. The topological polar surface area (TPSA) is 119 Å². The molecule has 4 amide bonds. The van der Waals surface area contributed by atoms with Gasteiger partial charge in [0.25, 0.3) is 0 Å². The molecule has 53 heavy (non-hydrogen) atoms. The standard InChI is InChI=1S/C44H36N4O5/c49-33-13-7-8-26(24-33)38-34-22-23-35-39(43(52)47(41(35)50)31-18-14-29(15-19-31)45-27-9-3-1-4-10-27)36(34)25-37-40(38)44(53)48(42(37)51)32-20-16-30(17-21-32)46-28-11-5-2-6-12-28/h1-22,24,35-40,45-46,49H,23,25H2. The van der Waals surface area contributed by atoms with Crippen molar-refractivity contribution in [1.29, 1.82) is 0 Å². The third-order valence-electron chi connectivity index (χ3n) is 11.3. The molecule has 0 aromatic heterocycles. The van der Waals surface area contributed by atoms with Crippen molar-refractivity contribution in [3.8, 4) is 5.75 Å². The Morgan fingerprint density at radius 1 is 0.509 bits per heavy atom. The lowest BCUT2D eigenvalue weighted by molar-refractivity contribution is -0.126. The summed E-state index contributed by atoms with van der Waals surface area (Å²) in [6.07, 6.45) is 2.64. The van der Waals surface area contributed by atoms with Crippen LogP contribution in [0.4, 0.5) is 34.1 Å². The molecule has 3 fully saturated rings. The van der Waals surface area contributed by atoms with Gasteiger partial charge in [0.2, 0.25) is 23.6 Å². The molecule has 5 aromatic carbocycles. The smallest absolute Gasteiger partial charge is 0.238 e. The fourth-order valence-corrected chi connectivity index (χ4v) is 8.95. The fraction of sp³-hybridized carbons (Fsp3) is 0.182. The Kier molecular flexibility index (Phi) is 7.91. The van der Waals surface area contributed by atoms with Crippen molar-refractivity contribution in [2.75, 3.05) is 20.4 Å². The fourth-order valence-electron chi connectivity index (χ4n) is 8.95. The number of phenolic OH excluding ortho intramolecular Hbond substituents is 1. The van der Waals surface area contributed by atoms with E-state index in [1.165, 1.54) is 9.80 Å². The maximum absolute atomic E-state index is 14.5. The summed E-state index contributed by atoms with van der Waals surface area (Å²) >= 11 is 0. The van der Waals surface area contributed by atoms with E-state index in [-0.39, 0.29) is 35.8 Å². The number of anilines is 6. The highest BCUT2D eigenvalue weighted by Crippen LogP contribution is 2.58. The lowest BCUT2D eigenvalue weighted by Gasteiger charge is -2.44. The van der Waals surface area contributed by atoms with E-state index in [0.29, 0.717) is 23.4 Å². The lowest BCUT2D eigenvalue weighted by atomic mass is 9.57. The van der Waals surface area contributed by atoms with Gasteiger partial charge in [-0.1, -0.05) is 60.2 Å². The number of allylic oxidation sites excluding steroid dienone is 2. The van der Waals surface area contributed by atoms with Gasteiger partial charge in [-0.05, 0) is 109 Å². The minimum Gasteiger partial charge on any atom is -0.508 e. The van der Waals surface area contributed by atoms with Crippen LogP contribution in [0, 0.1) is 29.6 Å². The molecule has 6 unspecified atom stereocenters. The van der Waals surface area contributed by atoms with E-state index in [9.17, 15) is 24.3 Å². The highest BCUT2D eigenvalue weighted by atomic mass is 16.3. The number of carbonyl (C=O) groups excluding carboxylic acids is 4. The molecule has 9 nitrogen and oxygen atoms in total. The molecular formula is C44H36N4O5. The monoisotopic (exact) mass is 700 g/mol. The number of imide groups is 2. The number of aromatic hydroxyl groups is 1. The number of fused-ring (bicyclic) bond motifs is 4. The van der Waals surface area contributed by atoms with Crippen molar-refractivity contribution >= 4 is 57.8 Å². The van der Waals surface area contributed by atoms with Crippen LogP contribution < -0.4 is 20.4 Å². The molecule has 262 valence electrons. The molecule has 2 heterocycles. The highest BCUT2D eigenvalue weighted by molar-refractivity contribution is 6.24. The van der Waals surface area contributed by atoms with Gasteiger partial charge in [-0.2, -0.15) is 0 Å². The van der Waals surface area contributed by atoms with Crippen molar-refractivity contribution in [2.24, 2.45) is 29.6 Å². The minimum absolute atomic E-state index is 0.0501. The molecule has 4 aliphatic rings. The number of nitrogens with one attached hydrogen (secondary N) is 2. The summed E-state index contributed by atoms with van der Waals surface area (Å²) in [5.41, 5.74) is 6.03. The number of hydrogen-bond acceptors (Lipinski definition) is 7. The Labute approximate surface area is 306 Å². The van der Waals surface area contributed by atoms with E-state index in [4.69, 9.17) is 0 Å². The van der Waals surface area contributed by atoms with Crippen LogP contribution in [0.5, 0.6) is 5.75 Å². The second kappa shape index (κ2) is 12.9. The SMILES string of the molecule is O=C1C2CC=C3C(CC4C(=O)N(c5ccc(Nc6ccccc6)cc5)C(=O)C4C3c3cccc(O)c3)C2C(=O)N1c1ccc(Nc2ccccc2)cc1. The summed E-state index contributed by atoms with van der Waals surface area (Å²) in [7, 11) is 0. The first-order chi connectivity index (χ1) is 25.9. The zero-order valence-corrected chi connectivity index (χ0v) is 28.6. The van der Waals surface area contributed by atoms with Crippen LogP contribution >= 0.6 is 0 Å². The zero-order chi connectivity index (χ0) is 36.2. The normalized spacial score (nSPS) is 24.7. The quantitative estimate of drug-likeness (QED) is 0.117. The first-order valence-electron chi connectivity index (χ1n) is 17.9. The van der Waals surface area contributed by atoms with Crippen molar-refractivity contribution in [2.45, 2.75) is 18.8 Å². The number of nitrogens with zero attached hydrogens (tertiary/aromatic N) is 2. The second-order valence-corrected chi connectivity index (χ2v) is 14.2. The van der Waals surface area contributed by atoms with E-state index in [1.807, 2.05) is 97.1 Å². The van der Waals surface area contributed by atoms with Crippen LogP contribution in [0.2, 0.25) is 0 Å². The van der Waals surface area contributed by atoms with Crippen molar-refractivity contribution in [3.05, 3.63) is 151 Å². The molecular weight excluding hydrogens is 665 g/mol. The first-order valence-corrected chi connectivity index (χ1v) is 17.9. The van der Waals surface area contributed by atoms with Gasteiger partial charge in [0, 0.05) is 28.7 Å². The largest absolute Gasteiger partial charge is 0.508 e. The molecule has 3 N–H and O–H groups in total. The molecule has 2 saturated heterocycles. The molecule has 0 spiro atoms. The van der Waals surface area contributed by atoms with E-state index in [0.717, 1.165) is 28.3 Å². The van der Waals surface area contributed by atoms with E-state index < -0.39 is 35.5 Å². The predicted molar refractivity (Wildman–Crippen MR) is 203 cm³/mol. The lowest BCUT2D eigenvalue weighted by Crippen LogP contribution is -2.43. The van der Waals surface area contributed by atoms with Crippen LogP contribution in [-0.2, 0) is 19.2 Å². The van der Waals surface area contributed by atoms with Crippen LogP contribution in [0.25, 0.3) is 0 Å². The van der Waals surface area contributed by atoms with Crippen LogP contribution in [0.3, 0.4) is 0 Å². The van der Waals surface area contributed by atoms with Crippen LogP contribution in [0.15, 0.2) is 145 Å². The van der Waals surface area contributed by atoms with Crippen molar-refractivity contribution < 1.29 is 24.3 Å². The maximum atomic E-state index is 14.5. The third-order valence-corrected chi connectivity index (χ3v) is 11.3. The van der Waals surface area contributed by atoms with Gasteiger partial charge in [-0.15, -0.1) is 0 Å². The second-order valence-electron chi connectivity index (χ2n) is 14.2. The summed E-state index contributed by atoms with van der Waals surface area (Å²) in [6.45, 7) is 0. The van der Waals surface area contributed by atoms with Gasteiger partial charge in [-0.25, -0.2) is 0 Å². The molecule has 0 radical (unpaired) electrons. The van der Waals surface area contributed by atoms with Crippen LogP contribution in [0.1, 0.15) is 24.3 Å². The van der Waals surface area contributed by atoms with Gasteiger partial charge < -0.3 is 15.7 Å². The Morgan fingerprint density at radius 2 is 1.02 bits per heavy atom. The first kappa shape index (κ1) is 32.4. The third kappa shape index (κ3) is 5.56. The maximum Gasteiger partial charge on any atom is 0.238 e. The highest BCUT2D eigenvalue weighted by Gasteiger charge is 2.62. The number of hydrogen-bond donors (Lipinski definition) is 3. The van der Waals surface area contributed by atoms with Gasteiger partial charge in [0.1, 0.15) is 5.75 Å².